The molecular weight excluding hydrogens is 288 g/mol. The van der Waals surface area contributed by atoms with Crippen molar-refractivity contribution in [1.82, 2.24) is 0 Å². The Labute approximate surface area is 123 Å². The zero-order chi connectivity index (χ0) is 13.1. The number of ether oxygens (including phenoxy) is 1. The van der Waals surface area contributed by atoms with Crippen LogP contribution in [0.4, 0.5) is 14.5 Å². The van der Waals surface area contributed by atoms with Gasteiger partial charge in [-0.1, -0.05) is 19.6 Å². The van der Waals surface area contributed by atoms with Crippen molar-refractivity contribution in [1.29, 1.82) is 0 Å². The second kappa shape index (κ2) is 7.38. The van der Waals surface area contributed by atoms with Gasteiger partial charge in [-0.15, -0.1) is 0 Å². The first kappa shape index (κ1) is 17.8. The van der Waals surface area contributed by atoms with E-state index in [9.17, 15) is 8.78 Å². The molecule has 0 bridgehead atoms. The number of methoxy groups -OCH3 is 1. The molecule has 0 aliphatic heterocycles. The van der Waals surface area contributed by atoms with Crippen molar-refractivity contribution in [2.75, 3.05) is 24.8 Å². The first-order valence-corrected chi connectivity index (χ1v) is 8.95. The molecule has 0 aliphatic carbocycles. The number of benzene rings is 1. The Bertz CT molecular complexity index is 385. The Balaban J connectivity index is 0.00000289. The molecule has 0 heterocycles. The molecule has 0 amide bonds. The molecule has 0 unspecified atom stereocenters. The maximum atomic E-state index is 13.7. The van der Waals surface area contributed by atoms with Gasteiger partial charge < -0.3 is 9.30 Å². The molecule has 1 aromatic rings. The maximum absolute atomic E-state index is 13.7. The van der Waals surface area contributed by atoms with Crippen LogP contribution in [0.1, 0.15) is 0 Å². The number of anilines is 1. The molecule has 0 N–H and O–H groups in total. The Kier molecular flexibility index (Phi) is 7.29. The smallest absolute Gasteiger partial charge is 0.156 e. The van der Waals surface area contributed by atoms with Crippen molar-refractivity contribution in [3.8, 4) is 0 Å². The van der Waals surface area contributed by atoms with Crippen LogP contribution >= 0.6 is 0 Å². The van der Waals surface area contributed by atoms with Crippen molar-refractivity contribution in [3.63, 3.8) is 0 Å². The second-order valence-electron chi connectivity index (χ2n) is 4.82. The zero-order valence-electron chi connectivity index (χ0n) is 11.2. The van der Waals surface area contributed by atoms with Gasteiger partial charge in [0, 0.05) is 35.4 Å². The molecule has 0 aromatic heterocycles. The van der Waals surface area contributed by atoms with Crippen LogP contribution in [-0.4, -0.2) is 28.5 Å². The van der Waals surface area contributed by atoms with Crippen molar-refractivity contribution < 1.29 is 35.2 Å². The van der Waals surface area contributed by atoms with E-state index in [1.54, 1.807) is 7.11 Å². The van der Waals surface area contributed by atoms with Gasteiger partial charge in [0.1, 0.15) is 14.1 Å². The quantitative estimate of drug-likeness (QED) is 0.775. The van der Waals surface area contributed by atoms with Crippen molar-refractivity contribution in [2.24, 2.45) is 0 Å². The average molecular weight is 306 g/mol. The van der Waals surface area contributed by atoms with E-state index in [0.717, 1.165) is 0 Å². The molecule has 6 heteroatoms. The van der Waals surface area contributed by atoms with Gasteiger partial charge in [-0.05, 0) is 12.1 Å². The summed E-state index contributed by atoms with van der Waals surface area (Å²) in [6, 6.07) is 4.78. The largest absolute Gasteiger partial charge is 0.393 e. The van der Waals surface area contributed by atoms with Gasteiger partial charge in [0.15, 0.2) is 5.82 Å². The van der Waals surface area contributed by atoms with E-state index in [0.29, 0.717) is 18.8 Å². The predicted molar refractivity (Wildman–Crippen MR) is 67.8 cm³/mol. The van der Waals surface area contributed by atoms with Crippen LogP contribution in [0.15, 0.2) is 12.1 Å². The van der Waals surface area contributed by atoms with Gasteiger partial charge in [0.05, 0.1) is 18.4 Å². The molecule has 0 atom stereocenters. The van der Waals surface area contributed by atoms with E-state index < -0.39 is 19.9 Å². The monoisotopic (exact) mass is 306 g/mol. The fourth-order valence-corrected chi connectivity index (χ4v) is 3.30. The third kappa shape index (κ3) is 4.80. The summed E-state index contributed by atoms with van der Waals surface area (Å²) in [6.45, 7) is 7.42. The van der Waals surface area contributed by atoms with E-state index in [-0.39, 0.29) is 21.7 Å². The van der Waals surface area contributed by atoms with E-state index in [2.05, 4.69) is 25.7 Å². The zero-order valence-corrected chi connectivity index (χ0v) is 13.7. The Morgan fingerprint density at radius 3 is 2.33 bits per heavy atom. The van der Waals surface area contributed by atoms with Crippen molar-refractivity contribution in [3.05, 3.63) is 29.8 Å². The number of hydrogen-bond acceptors (Lipinski definition) is 2. The van der Waals surface area contributed by atoms with Crippen molar-refractivity contribution >= 4 is 13.9 Å². The molecule has 1 rings (SSSR count). The van der Waals surface area contributed by atoms with Gasteiger partial charge in [-0.3, -0.25) is 0 Å². The first-order valence-electron chi connectivity index (χ1n) is 5.50. The molecule has 0 aliphatic rings. The fraction of sp³-hybridized carbons (Fsp3) is 0.500. The molecule has 0 saturated carbocycles. The third-order valence-electron chi connectivity index (χ3n) is 2.46. The minimum atomic E-state index is -1.74. The predicted octanol–water partition coefficient (Wildman–Crippen LogP) is 3.05. The Morgan fingerprint density at radius 2 is 1.89 bits per heavy atom. The maximum Gasteiger partial charge on any atom is 0.156 e. The summed E-state index contributed by atoms with van der Waals surface area (Å²) in [5, 5.41) is 0. The number of rotatable bonds is 5. The fourth-order valence-electron chi connectivity index (χ4n) is 1.64. The average Bonchev–Trinajstić information content (AvgIpc) is 2.19. The summed E-state index contributed by atoms with van der Waals surface area (Å²) < 4.78 is 33.5. The number of halogens is 2. The van der Waals surface area contributed by atoms with Gasteiger partial charge >= 0.3 is 0 Å². The minimum Gasteiger partial charge on any atom is -0.393 e. The standard InChI is InChI=1S/C12H18F2NOSi.Ti/c1-16-8-7-15(17(2,3)4)12-6-5-10(13)9-11(12)14;/h5-6H,7-8H2,1-4H3;. The van der Waals surface area contributed by atoms with Gasteiger partial charge in [0.25, 0.3) is 0 Å². The summed E-state index contributed by atoms with van der Waals surface area (Å²) in [7, 11) is -0.136. The summed E-state index contributed by atoms with van der Waals surface area (Å²) in [5.41, 5.74) is 0.405. The molecule has 1 radical (unpaired) electrons. The van der Waals surface area contributed by atoms with Gasteiger partial charge in [-0.2, -0.15) is 0 Å². The Morgan fingerprint density at radius 1 is 1.28 bits per heavy atom. The van der Waals surface area contributed by atoms with Crippen LogP contribution in [0, 0.1) is 17.7 Å². The molecule has 2 nitrogen and oxygen atoms in total. The third-order valence-corrected chi connectivity index (χ3v) is 4.55. The van der Waals surface area contributed by atoms with Crippen LogP contribution in [0.5, 0.6) is 0 Å². The van der Waals surface area contributed by atoms with Crippen LogP contribution in [-0.2, 0) is 26.5 Å². The first-order chi connectivity index (χ1) is 7.86. The molecule has 1 aromatic carbocycles. The summed E-state index contributed by atoms with van der Waals surface area (Å²) >= 11 is 0. The number of nitrogens with zero attached hydrogens (tertiary/aromatic N) is 1. The van der Waals surface area contributed by atoms with Crippen LogP contribution in [0.25, 0.3) is 0 Å². The normalized spacial score (nSPS) is 11.0. The molecule has 0 saturated heterocycles. The van der Waals surface area contributed by atoms with E-state index in [4.69, 9.17) is 4.74 Å². The molecule has 99 valence electrons. The molecule has 18 heavy (non-hydrogen) atoms. The van der Waals surface area contributed by atoms with E-state index in [1.807, 2.05) is 4.57 Å². The van der Waals surface area contributed by atoms with Gasteiger partial charge in [0.2, 0.25) is 0 Å². The molecule has 0 fully saturated rings. The van der Waals surface area contributed by atoms with Crippen LogP contribution in [0.2, 0.25) is 19.6 Å². The second-order valence-corrected chi connectivity index (χ2v) is 9.70. The Hall–Kier alpha value is -0.229. The number of hydrogen-bond donors (Lipinski definition) is 0. The minimum absolute atomic E-state index is 0. The summed E-state index contributed by atoms with van der Waals surface area (Å²) in [5.74, 6) is -1.31. The molecular formula is C12H18F2NOSiTi. The summed E-state index contributed by atoms with van der Waals surface area (Å²) in [6.07, 6.45) is 0. The van der Waals surface area contributed by atoms with Crippen LogP contribution < -0.4 is 4.57 Å². The van der Waals surface area contributed by atoms with Crippen molar-refractivity contribution in [2.45, 2.75) is 19.6 Å². The topological polar surface area (TPSA) is 12.5 Å². The van der Waals surface area contributed by atoms with E-state index in [1.165, 1.54) is 12.1 Å². The van der Waals surface area contributed by atoms with E-state index >= 15 is 0 Å². The molecule has 0 spiro atoms. The van der Waals surface area contributed by atoms with Gasteiger partial charge in [-0.25, -0.2) is 8.78 Å². The van der Waals surface area contributed by atoms with Crippen LogP contribution in [0.3, 0.4) is 0 Å². The summed E-state index contributed by atoms with van der Waals surface area (Å²) in [4.78, 5) is 0. The SMILES string of the molecule is COCCN(c1ccc(F)[c]c1F)[Si](C)(C)C.[Ti].